The number of esters is 1. The third-order valence-electron chi connectivity index (χ3n) is 1.82. The van der Waals surface area contributed by atoms with E-state index in [4.69, 9.17) is 9.52 Å². The van der Waals surface area contributed by atoms with Crippen molar-refractivity contribution in [1.29, 1.82) is 0 Å². The summed E-state index contributed by atoms with van der Waals surface area (Å²) in [6, 6.07) is 1.48. The molecule has 0 aliphatic heterocycles. The molecule has 16 heavy (non-hydrogen) atoms. The molecule has 0 saturated heterocycles. The summed E-state index contributed by atoms with van der Waals surface area (Å²) in [7, 11) is 1.35. The summed E-state index contributed by atoms with van der Waals surface area (Å²) in [5.41, 5.74) is 0.142. The predicted octanol–water partition coefficient (Wildman–Crippen LogP) is 1.77. The Morgan fingerprint density at radius 2 is 2.31 bits per heavy atom. The van der Waals surface area contributed by atoms with Crippen LogP contribution in [0, 0.1) is 0 Å². The lowest BCUT2D eigenvalue weighted by molar-refractivity contribution is -0.140. The summed E-state index contributed by atoms with van der Waals surface area (Å²) < 4.78 is 9.53. The van der Waals surface area contributed by atoms with E-state index in [2.05, 4.69) is 4.74 Å². The Balaban J connectivity index is 2.27. The summed E-state index contributed by atoms with van der Waals surface area (Å²) in [4.78, 5) is 21.3. The number of carbonyl (C=O) groups excluding carboxylic acids is 1. The monoisotopic (exact) mass is 244 g/mol. The maximum absolute atomic E-state index is 10.8. The molecule has 1 aromatic heterocycles. The second kappa shape index (κ2) is 6.22. The number of hydrogen-bond donors (Lipinski definition) is 1. The van der Waals surface area contributed by atoms with E-state index in [1.54, 1.807) is 0 Å². The van der Waals surface area contributed by atoms with Crippen LogP contribution in [-0.4, -0.2) is 29.9 Å². The van der Waals surface area contributed by atoms with Crippen LogP contribution in [0.25, 0.3) is 0 Å². The molecule has 1 heterocycles. The van der Waals surface area contributed by atoms with Crippen molar-refractivity contribution in [3.8, 4) is 0 Å². The average Bonchev–Trinajstić information content (AvgIpc) is 2.72. The molecule has 0 atom stereocenters. The lowest BCUT2D eigenvalue weighted by Crippen LogP contribution is -2.01. The summed E-state index contributed by atoms with van der Waals surface area (Å²) >= 11 is 1.49. The van der Waals surface area contributed by atoms with Crippen molar-refractivity contribution in [1.82, 2.24) is 0 Å². The van der Waals surface area contributed by atoms with Crippen molar-refractivity contribution < 1.29 is 23.8 Å². The Morgan fingerprint density at radius 1 is 1.56 bits per heavy atom. The van der Waals surface area contributed by atoms with Gasteiger partial charge in [0.05, 0.1) is 24.8 Å². The van der Waals surface area contributed by atoms with Gasteiger partial charge in [-0.2, -0.15) is 11.8 Å². The average molecular weight is 244 g/mol. The highest BCUT2D eigenvalue weighted by Gasteiger charge is 2.08. The third-order valence-corrected chi connectivity index (χ3v) is 2.80. The zero-order valence-corrected chi connectivity index (χ0v) is 9.58. The topological polar surface area (TPSA) is 76.7 Å². The summed E-state index contributed by atoms with van der Waals surface area (Å²) in [5, 5.41) is 8.65. The maximum Gasteiger partial charge on any atom is 0.338 e. The summed E-state index contributed by atoms with van der Waals surface area (Å²) in [6.45, 7) is 0. The smallest absolute Gasteiger partial charge is 0.338 e. The van der Waals surface area contributed by atoms with Gasteiger partial charge in [-0.15, -0.1) is 0 Å². The van der Waals surface area contributed by atoms with Gasteiger partial charge in [-0.25, -0.2) is 4.79 Å². The molecule has 1 rings (SSSR count). The van der Waals surface area contributed by atoms with Crippen molar-refractivity contribution >= 4 is 23.7 Å². The highest BCUT2D eigenvalue weighted by Crippen LogP contribution is 2.16. The molecule has 0 aromatic carbocycles. The number of ether oxygens (including phenoxy) is 1. The molecule has 0 aliphatic carbocycles. The molecular formula is C10H12O5S. The van der Waals surface area contributed by atoms with Gasteiger partial charge in [0.15, 0.2) is 0 Å². The zero-order chi connectivity index (χ0) is 12.0. The van der Waals surface area contributed by atoms with Gasteiger partial charge in [0.1, 0.15) is 12.0 Å². The van der Waals surface area contributed by atoms with Crippen LogP contribution in [0.4, 0.5) is 0 Å². The first-order chi connectivity index (χ1) is 7.63. The van der Waals surface area contributed by atoms with Gasteiger partial charge < -0.3 is 14.3 Å². The highest BCUT2D eigenvalue weighted by atomic mass is 32.2. The van der Waals surface area contributed by atoms with Gasteiger partial charge in [0, 0.05) is 5.75 Å². The number of carbonyl (C=O) groups is 2. The first kappa shape index (κ1) is 12.6. The van der Waals surface area contributed by atoms with Crippen LogP contribution in [0.2, 0.25) is 0 Å². The van der Waals surface area contributed by atoms with E-state index in [9.17, 15) is 9.59 Å². The van der Waals surface area contributed by atoms with E-state index in [1.165, 1.54) is 31.2 Å². The second-order valence-corrected chi connectivity index (χ2v) is 4.09. The van der Waals surface area contributed by atoms with Gasteiger partial charge in [-0.05, 0) is 6.07 Å². The molecule has 0 aliphatic rings. The minimum atomic E-state index is -1.01. The molecule has 6 heteroatoms. The van der Waals surface area contributed by atoms with E-state index < -0.39 is 5.97 Å². The molecule has 0 saturated carbocycles. The molecule has 5 nitrogen and oxygen atoms in total. The molecular weight excluding hydrogens is 232 g/mol. The van der Waals surface area contributed by atoms with Crippen LogP contribution in [0.3, 0.4) is 0 Å². The van der Waals surface area contributed by atoms with E-state index in [0.29, 0.717) is 23.7 Å². The predicted molar refractivity (Wildman–Crippen MR) is 58.5 cm³/mol. The molecule has 88 valence electrons. The van der Waals surface area contributed by atoms with E-state index >= 15 is 0 Å². The fourth-order valence-electron chi connectivity index (χ4n) is 0.999. The second-order valence-electron chi connectivity index (χ2n) is 2.99. The van der Waals surface area contributed by atoms with Gasteiger partial charge in [0.25, 0.3) is 0 Å². The molecule has 0 bridgehead atoms. The van der Waals surface area contributed by atoms with Gasteiger partial charge in [-0.3, -0.25) is 4.79 Å². The largest absolute Gasteiger partial charge is 0.478 e. The Morgan fingerprint density at radius 3 is 2.88 bits per heavy atom. The van der Waals surface area contributed by atoms with Crippen LogP contribution in [0.15, 0.2) is 16.7 Å². The van der Waals surface area contributed by atoms with Crippen molar-refractivity contribution in [3.05, 3.63) is 23.7 Å². The number of methoxy groups -OCH3 is 1. The molecule has 0 fully saturated rings. The quantitative estimate of drug-likeness (QED) is 0.607. The van der Waals surface area contributed by atoms with Crippen molar-refractivity contribution in [2.75, 3.05) is 12.9 Å². The van der Waals surface area contributed by atoms with Crippen molar-refractivity contribution in [2.24, 2.45) is 0 Å². The van der Waals surface area contributed by atoms with Gasteiger partial charge in [0.2, 0.25) is 0 Å². The first-order valence-corrected chi connectivity index (χ1v) is 5.74. The summed E-state index contributed by atoms with van der Waals surface area (Å²) in [6.07, 6.45) is 1.55. The molecule has 0 spiro atoms. The molecule has 0 radical (unpaired) electrons. The van der Waals surface area contributed by atoms with Gasteiger partial charge in [-0.1, -0.05) is 0 Å². The molecule has 0 amide bonds. The third kappa shape index (κ3) is 3.98. The van der Waals surface area contributed by atoms with Crippen LogP contribution in [-0.2, 0) is 15.3 Å². The Kier molecular flexibility index (Phi) is 4.91. The fraction of sp³-hybridized carbons (Fsp3) is 0.400. The molecule has 1 N–H and O–H groups in total. The van der Waals surface area contributed by atoms with Crippen LogP contribution in [0.1, 0.15) is 22.5 Å². The van der Waals surface area contributed by atoms with Crippen molar-refractivity contribution in [3.63, 3.8) is 0 Å². The SMILES string of the molecule is COC(=O)CCSCc1cc(C(=O)O)co1. The summed E-state index contributed by atoms with van der Waals surface area (Å²) in [5.74, 6) is 0.500. The van der Waals surface area contributed by atoms with E-state index in [-0.39, 0.29) is 11.5 Å². The number of carboxylic acids is 1. The lowest BCUT2D eigenvalue weighted by atomic mass is 10.3. The number of rotatable bonds is 6. The Hall–Kier alpha value is -1.43. The van der Waals surface area contributed by atoms with Gasteiger partial charge >= 0.3 is 11.9 Å². The molecule has 1 aromatic rings. The zero-order valence-electron chi connectivity index (χ0n) is 8.76. The highest BCUT2D eigenvalue weighted by molar-refractivity contribution is 7.98. The number of furan rings is 1. The van der Waals surface area contributed by atoms with Crippen LogP contribution < -0.4 is 0 Å². The number of carboxylic acid groups (broad SMARTS) is 1. The standard InChI is InChI=1S/C10H12O5S/c1-14-9(11)2-3-16-6-8-4-7(5-15-8)10(12)13/h4-5H,2-3,6H2,1H3,(H,12,13). The minimum absolute atomic E-state index is 0.142. The first-order valence-electron chi connectivity index (χ1n) is 4.58. The Labute approximate surface area is 96.8 Å². The van der Waals surface area contributed by atoms with Crippen molar-refractivity contribution in [2.45, 2.75) is 12.2 Å². The van der Waals surface area contributed by atoms with Crippen LogP contribution in [0.5, 0.6) is 0 Å². The number of aromatic carboxylic acids is 1. The minimum Gasteiger partial charge on any atom is -0.478 e. The van der Waals surface area contributed by atoms with E-state index in [1.807, 2.05) is 0 Å². The Bertz CT molecular complexity index is 371. The normalized spacial score (nSPS) is 10.1. The van der Waals surface area contributed by atoms with E-state index in [0.717, 1.165) is 0 Å². The number of hydrogen-bond acceptors (Lipinski definition) is 5. The lowest BCUT2D eigenvalue weighted by Gasteiger charge is -1.98. The molecule has 0 unspecified atom stereocenters. The fourth-order valence-corrected chi connectivity index (χ4v) is 1.81. The van der Waals surface area contributed by atoms with Crippen LogP contribution >= 0.6 is 11.8 Å². The number of thioether (sulfide) groups is 1. The maximum atomic E-state index is 10.8.